The number of benzene rings is 2. The first kappa shape index (κ1) is 22.1. The van der Waals surface area contributed by atoms with Gasteiger partial charge in [0.2, 0.25) is 0 Å². The Labute approximate surface area is 179 Å². The summed E-state index contributed by atoms with van der Waals surface area (Å²) >= 11 is 1.35. The monoisotopic (exact) mass is 431 g/mol. The molecule has 0 bridgehead atoms. The van der Waals surface area contributed by atoms with Gasteiger partial charge in [-0.1, -0.05) is 48.5 Å². The van der Waals surface area contributed by atoms with E-state index in [1.807, 2.05) is 36.4 Å². The van der Waals surface area contributed by atoms with E-state index in [0.29, 0.717) is 12.4 Å². The van der Waals surface area contributed by atoms with E-state index in [4.69, 9.17) is 14.6 Å². The Hall–Kier alpha value is -2.55. The second kappa shape index (κ2) is 11.0. The number of fused-ring (bicyclic) bond motifs is 3. The zero-order valence-corrected chi connectivity index (χ0v) is 17.3. The average molecular weight is 432 g/mol. The number of nitrogens with one attached hydrogen (secondary N) is 1. The highest BCUT2D eigenvalue weighted by Gasteiger charge is 2.29. The Bertz CT molecular complexity index is 829. The molecule has 0 saturated carbocycles. The molecule has 0 fully saturated rings. The minimum absolute atomic E-state index is 0.0498. The first-order valence-electron chi connectivity index (χ1n) is 9.72. The van der Waals surface area contributed by atoms with Crippen LogP contribution in [0.15, 0.2) is 48.5 Å². The second-order valence-electron chi connectivity index (χ2n) is 6.77. The largest absolute Gasteiger partial charge is 0.480 e. The molecular weight excluding hydrogens is 406 g/mol. The fourth-order valence-corrected chi connectivity index (χ4v) is 4.31. The number of aliphatic hydroxyl groups excluding tert-OH is 1. The first-order valence-corrected chi connectivity index (χ1v) is 10.9. The molecule has 0 radical (unpaired) electrons. The number of carbonyl (C=O) groups excluding carboxylic acids is 1. The lowest BCUT2D eigenvalue weighted by molar-refractivity contribution is -0.138. The van der Waals surface area contributed by atoms with Crippen LogP contribution in [-0.4, -0.2) is 66.3 Å². The molecule has 1 aliphatic carbocycles. The van der Waals surface area contributed by atoms with E-state index >= 15 is 0 Å². The maximum absolute atomic E-state index is 12.3. The van der Waals surface area contributed by atoms with Gasteiger partial charge in [0.05, 0.1) is 19.8 Å². The van der Waals surface area contributed by atoms with Gasteiger partial charge >= 0.3 is 12.1 Å². The summed E-state index contributed by atoms with van der Waals surface area (Å²) in [4.78, 5) is 23.7. The van der Waals surface area contributed by atoms with Crippen molar-refractivity contribution in [3.8, 4) is 11.1 Å². The number of rotatable bonds is 11. The van der Waals surface area contributed by atoms with Crippen molar-refractivity contribution in [2.45, 2.75) is 12.0 Å². The van der Waals surface area contributed by atoms with Crippen LogP contribution in [0.3, 0.4) is 0 Å². The summed E-state index contributed by atoms with van der Waals surface area (Å²) in [6, 6.07) is 15.0. The van der Waals surface area contributed by atoms with Crippen LogP contribution in [0, 0.1) is 0 Å². The van der Waals surface area contributed by atoms with E-state index in [-0.39, 0.29) is 31.5 Å². The molecule has 3 rings (SSSR count). The quantitative estimate of drug-likeness (QED) is 0.470. The van der Waals surface area contributed by atoms with E-state index in [2.05, 4.69) is 17.4 Å². The van der Waals surface area contributed by atoms with Gasteiger partial charge in [-0.25, -0.2) is 9.59 Å². The maximum Gasteiger partial charge on any atom is 0.407 e. The first-order chi connectivity index (χ1) is 14.6. The molecule has 2 aromatic rings. The molecule has 160 valence electrons. The zero-order valence-electron chi connectivity index (χ0n) is 16.5. The molecular formula is C22H25NO6S. The molecule has 0 saturated heterocycles. The van der Waals surface area contributed by atoms with Gasteiger partial charge in [-0.3, -0.25) is 0 Å². The predicted octanol–water partition coefficient (Wildman–Crippen LogP) is 2.72. The number of thioether (sulfide) groups is 1. The topological polar surface area (TPSA) is 105 Å². The van der Waals surface area contributed by atoms with Gasteiger partial charge in [-0.2, -0.15) is 11.8 Å². The van der Waals surface area contributed by atoms with Gasteiger partial charge < -0.3 is 25.0 Å². The molecule has 30 heavy (non-hydrogen) atoms. The lowest BCUT2D eigenvalue weighted by Gasteiger charge is -2.17. The highest BCUT2D eigenvalue weighted by atomic mass is 32.2. The highest BCUT2D eigenvalue weighted by Crippen LogP contribution is 2.44. The van der Waals surface area contributed by atoms with Gasteiger partial charge in [0, 0.05) is 17.4 Å². The van der Waals surface area contributed by atoms with Crippen LogP contribution in [0.4, 0.5) is 4.79 Å². The highest BCUT2D eigenvalue weighted by molar-refractivity contribution is 7.99. The Kier molecular flexibility index (Phi) is 8.12. The lowest BCUT2D eigenvalue weighted by atomic mass is 9.98. The number of carbonyl (C=O) groups is 2. The number of hydrogen-bond acceptors (Lipinski definition) is 6. The molecule has 0 spiro atoms. The van der Waals surface area contributed by atoms with E-state index in [9.17, 15) is 14.7 Å². The minimum Gasteiger partial charge on any atom is -0.480 e. The van der Waals surface area contributed by atoms with E-state index < -0.39 is 18.1 Å². The molecule has 1 amide bonds. The fourth-order valence-electron chi connectivity index (χ4n) is 3.44. The number of ether oxygens (including phenoxy) is 2. The molecule has 0 aliphatic heterocycles. The predicted molar refractivity (Wildman–Crippen MR) is 115 cm³/mol. The van der Waals surface area contributed by atoms with Crippen molar-refractivity contribution < 1.29 is 29.3 Å². The normalized spacial score (nSPS) is 13.4. The van der Waals surface area contributed by atoms with Gasteiger partial charge in [-0.05, 0) is 22.3 Å². The summed E-state index contributed by atoms with van der Waals surface area (Å²) in [6.07, 6.45) is -0.749. The average Bonchev–Trinajstić information content (AvgIpc) is 3.07. The van der Waals surface area contributed by atoms with E-state index in [1.54, 1.807) is 0 Å². The second-order valence-corrected chi connectivity index (χ2v) is 7.92. The van der Waals surface area contributed by atoms with Crippen LogP contribution < -0.4 is 5.32 Å². The van der Waals surface area contributed by atoms with Crippen LogP contribution in [0.5, 0.6) is 0 Å². The van der Waals surface area contributed by atoms with Crippen LogP contribution in [0.25, 0.3) is 11.1 Å². The molecule has 1 aliphatic rings. The van der Waals surface area contributed by atoms with Crippen molar-refractivity contribution in [2.24, 2.45) is 0 Å². The molecule has 2 aromatic carbocycles. The molecule has 1 atom stereocenters. The summed E-state index contributed by atoms with van der Waals surface area (Å²) in [7, 11) is 0. The maximum atomic E-state index is 12.3. The number of amides is 1. The van der Waals surface area contributed by atoms with E-state index in [1.165, 1.54) is 11.8 Å². The third-order valence-electron chi connectivity index (χ3n) is 4.83. The van der Waals surface area contributed by atoms with Crippen LogP contribution in [-0.2, 0) is 14.3 Å². The molecule has 8 heteroatoms. The number of carboxylic acid groups (broad SMARTS) is 1. The van der Waals surface area contributed by atoms with Gasteiger partial charge in [0.25, 0.3) is 0 Å². The van der Waals surface area contributed by atoms with Crippen molar-refractivity contribution in [2.75, 3.05) is 37.9 Å². The number of hydrogen-bond donors (Lipinski definition) is 3. The summed E-state index contributed by atoms with van der Waals surface area (Å²) in [5, 5.41) is 20.4. The standard InChI is InChI=1S/C22H25NO6S/c24-9-10-28-11-12-30-14-20(21(25)26)23-22(27)29-13-19-17-7-3-1-5-15(17)16-6-2-4-8-18(16)19/h1-8,19-20,24H,9-14H2,(H,23,27)(H,25,26)/t20-/m0/s1. The molecule has 7 nitrogen and oxygen atoms in total. The fraction of sp³-hybridized carbons (Fsp3) is 0.364. The van der Waals surface area contributed by atoms with E-state index in [0.717, 1.165) is 22.3 Å². The SMILES string of the molecule is O=C(N[C@@H](CSCCOCCO)C(=O)O)OCC1c2ccccc2-c2ccccc21. The molecule has 0 unspecified atom stereocenters. The summed E-state index contributed by atoms with van der Waals surface area (Å²) in [5.74, 6) is -0.435. The van der Waals surface area contributed by atoms with Crippen molar-refractivity contribution in [3.05, 3.63) is 59.7 Å². The Morgan fingerprint density at radius 3 is 2.27 bits per heavy atom. The number of aliphatic carboxylic acids is 1. The van der Waals surface area contributed by atoms with Crippen LogP contribution >= 0.6 is 11.8 Å². The van der Waals surface area contributed by atoms with Gasteiger partial charge in [-0.15, -0.1) is 0 Å². The summed E-state index contributed by atoms with van der Waals surface area (Å²) < 4.78 is 10.5. The number of carboxylic acids is 1. The summed E-state index contributed by atoms with van der Waals surface area (Å²) in [6.45, 7) is 0.740. The minimum atomic E-state index is -1.12. The smallest absolute Gasteiger partial charge is 0.407 e. The zero-order chi connectivity index (χ0) is 21.3. The van der Waals surface area contributed by atoms with Gasteiger partial charge in [0.1, 0.15) is 12.6 Å². The third-order valence-corrected chi connectivity index (χ3v) is 5.85. The third kappa shape index (κ3) is 5.53. The molecule has 0 aromatic heterocycles. The van der Waals surface area contributed by atoms with Crippen molar-refractivity contribution in [3.63, 3.8) is 0 Å². The Morgan fingerprint density at radius 1 is 1.03 bits per heavy atom. The van der Waals surface area contributed by atoms with Crippen molar-refractivity contribution in [1.29, 1.82) is 0 Å². The lowest BCUT2D eigenvalue weighted by Crippen LogP contribution is -2.43. The van der Waals surface area contributed by atoms with Crippen LogP contribution in [0.1, 0.15) is 17.0 Å². The Morgan fingerprint density at radius 2 is 1.67 bits per heavy atom. The Balaban J connectivity index is 1.53. The van der Waals surface area contributed by atoms with Crippen molar-refractivity contribution in [1.82, 2.24) is 5.32 Å². The molecule has 3 N–H and O–H groups in total. The van der Waals surface area contributed by atoms with Crippen molar-refractivity contribution >= 4 is 23.8 Å². The number of aliphatic hydroxyl groups is 1. The number of alkyl carbamates (subject to hydrolysis) is 1. The summed E-state index contributed by atoms with van der Waals surface area (Å²) in [5.41, 5.74) is 4.45. The molecule has 0 heterocycles. The van der Waals surface area contributed by atoms with Gasteiger partial charge in [0.15, 0.2) is 0 Å². The van der Waals surface area contributed by atoms with Crippen LogP contribution in [0.2, 0.25) is 0 Å².